The number of halogens is 2. The van der Waals surface area contributed by atoms with Crippen LogP contribution >= 0.6 is 15.9 Å². The van der Waals surface area contributed by atoms with Gasteiger partial charge in [0.2, 0.25) is 0 Å². The maximum absolute atomic E-state index is 13.2. The second-order valence-electron chi connectivity index (χ2n) is 3.51. The van der Waals surface area contributed by atoms with Crippen molar-refractivity contribution in [2.75, 3.05) is 11.3 Å². The Morgan fingerprint density at radius 1 is 1.47 bits per heavy atom. The Balaban J connectivity index is 2.90. The number of nitrogens with one attached hydrogen (secondary N) is 2. The molecule has 1 amide bonds. The van der Waals surface area contributed by atoms with Gasteiger partial charge >= 0.3 is 16.3 Å². The molecule has 19 heavy (non-hydrogen) atoms. The largest absolute Gasteiger partial charge is 0.449 e. The molecule has 0 radical (unpaired) electrons. The van der Waals surface area contributed by atoms with Crippen LogP contribution in [0.5, 0.6) is 0 Å². The average Bonchev–Trinajstić information content (AvgIpc) is 2.24. The van der Waals surface area contributed by atoms with Gasteiger partial charge in [-0.25, -0.2) is 13.9 Å². The van der Waals surface area contributed by atoms with Gasteiger partial charge in [0.15, 0.2) is 0 Å². The molecule has 0 spiro atoms. The summed E-state index contributed by atoms with van der Waals surface area (Å²) in [6.07, 6.45) is -1.09. The monoisotopic (exact) mass is 354 g/mol. The Labute approximate surface area is 118 Å². The molecule has 0 bridgehead atoms. The Morgan fingerprint density at radius 2 is 2.11 bits per heavy atom. The topological polar surface area (TPSA) is 84.5 Å². The van der Waals surface area contributed by atoms with E-state index in [1.165, 1.54) is 13.0 Å². The highest BCUT2D eigenvalue weighted by Gasteiger charge is 2.17. The second kappa shape index (κ2) is 6.20. The number of amides is 1. The van der Waals surface area contributed by atoms with Crippen LogP contribution in [0.4, 0.5) is 14.9 Å². The molecule has 0 aliphatic carbocycles. The van der Waals surface area contributed by atoms with Crippen molar-refractivity contribution in [3.63, 3.8) is 0 Å². The minimum atomic E-state index is -4.13. The van der Waals surface area contributed by atoms with Crippen LogP contribution in [0, 0.1) is 12.7 Å². The molecule has 1 aromatic carbocycles. The van der Waals surface area contributed by atoms with Crippen molar-refractivity contribution in [2.24, 2.45) is 0 Å². The van der Waals surface area contributed by atoms with E-state index in [1.807, 2.05) is 0 Å². The first-order valence-electron chi connectivity index (χ1n) is 5.18. The van der Waals surface area contributed by atoms with E-state index >= 15 is 0 Å². The fourth-order valence-corrected chi connectivity index (χ4v) is 2.38. The summed E-state index contributed by atoms with van der Waals surface area (Å²) in [6.45, 7) is 3.11. The van der Waals surface area contributed by atoms with Crippen LogP contribution in [0.25, 0.3) is 0 Å². The van der Waals surface area contributed by atoms with Gasteiger partial charge in [-0.1, -0.05) is 0 Å². The molecular weight excluding hydrogens is 343 g/mol. The number of carbonyl (C=O) groups is 1. The Kier molecular flexibility index (Phi) is 5.12. The van der Waals surface area contributed by atoms with Crippen LogP contribution in [-0.4, -0.2) is 21.1 Å². The van der Waals surface area contributed by atoms with Crippen molar-refractivity contribution in [2.45, 2.75) is 13.8 Å². The molecule has 0 saturated heterocycles. The lowest BCUT2D eigenvalue weighted by Crippen LogP contribution is -2.35. The third-order valence-electron chi connectivity index (χ3n) is 2.00. The van der Waals surface area contributed by atoms with Crippen LogP contribution < -0.4 is 9.44 Å². The van der Waals surface area contributed by atoms with E-state index in [2.05, 4.69) is 25.4 Å². The normalized spacial score (nSPS) is 10.9. The molecule has 0 aliphatic heterocycles. The molecule has 6 nitrogen and oxygen atoms in total. The number of hydrogen-bond donors (Lipinski definition) is 2. The molecule has 106 valence electrons. The zero-order valence-electron chi connectivity index (χ0n) is 10.2. The fourth-order valence-electron chi connectivity index (χ4n) is 1.20. The standard InChI is InChI=1S/C10H12BrFN2O4S/c1-3-18-10(15)14-19(16,17)13-9-5-7(11)8(12)4-6(9)2/h4-5,13H,3H2,1-2H3,(H,14,15). The molecule has 0 aliphatic rings. The smallest absolute Gasteiger partial charge is 0.422 e. The Hall–Kier alpha value is -1.35. The number of carbonyl (C=O) groups excluding carboxylic acids is 1. The van der Waals surface area contributed by atoms with Gasteiger partial charge in [0.25, 0.3) is 0 Å². The van der Waals surface area contributed by atoms with E-state index in [-0.39, 0.29) is 16.8 Å². The minimum Gasteiger partial charge on any atom is -0.449 e. The lowest BCUT2D eigenvalue weighted by molar-refractivity contribution is 0.159. The lowest BCUT2D eigenvalue weighted by atomic mass is 10.2. The SMILES string of the molecule is CCOC(=O)NS(=O)(=O)Nc1cc(Br)c(F)cc1C. The van der Waals surface area contributed by atoms with Crippen molar-refractivity contribution < 1.29 is 22.3 Å². The van der Waals surface area contributed by atoms with Crippen molar-refractivity contribution in [1.82, 2.24) is 4.72 Å². The van der Waals surface area contributed by atoms with Crippen molar-refractivity contribution in [3.8, 4) is 0 Å². The third-order valence-corrected chi connectivity index (χ3v) is 3.54. The molecule has 0 atom stereocenters. The summed E-state index contributed by atoms with van der Waals surface area (Å²) >= 11 is 2.94. The summed E-state index contributed by atoms with van der Waals surface area (Å²) in [6, 6.07) is 2.42. The zero-order valence-corrected chi connectivity index (χ0v) is 12.6. The summed E-state index contributed by atoms with van der Waals surface area (Å²) < 4.78 is 44.7. The van der Waals surface area contributed by atoms with Gasteiger partial charge in [-0.3, -0.25) is 4.72 Å². The van der Waals surface area contributed by atoms with Crippen molar-refractivity contribution in [1.29, 1.82) is 0 Å². The van der Waals surface area contributed by atoms with Gasteiger partial charge in [-0.05, 0) is 47.5 Å². The molecule has 0 heterocycles. The van der Waals surface area contributed by atoms with Gasteiger partial charge in [-0.15, -0.1) is 0 Å². The van der Waals surface area contributed by atoms with E-state index in [1.54, 1.807) is 11.6 Å². The maximum atomic E-state index is 13.2. The third kappa shape index (κ3) is 4.67. The molecular formula is C10H12BrFN2O4S. The number of rotatable bonds is 4. The van der Waals surface area contributed by atoms with E-state index in [0.717, 1.165) is 6.07 Å². The number of aryl methyl sites for hydroxylation is 1. The number of anilines is 1. The highest BCUT2D eigenvalue weighted by Crippen LogP contribution is 2.24. The maximum Gasteiger partial charge on any atom is 0.422 e. The summed E-state index contributed by atoms with van der Waals surface area (Å²) in [5.74, 6) is -0.515. The molecule has 2 N–H and O–H groups in total. The van der Waals surface area contributed by atoms with Gasteiger partial charge in [0, 0.05) is 0 Å². The minimum absolute atomic E-state index is 0.0441. The molecule has 0 unspecified atom stereocenters. The molecule has 0 aromatic heterocycles. The van der Waals surface area contributed by atoms with Gasteiger partial charge in [-0.2, -0.15) is 8.42 Å². The first kappa shape index (κ1) is 15.7. The lowest BCUT2D eigenvalue weighted by Gasteiger charge is -2.12. The predicted octanol–water partition coefficient (Wildman–Crippen LogP) is 2.30. The highest BCUT2D eigenvalue weighted by atomic mass is 79.9. The number of ether oxygens (including phenoxy) is 1. The first-order chi connectivity index (χ1) is 8.75. The molecule has 0 fully saturated rings. The Bertz CT molecular complexity index is 591. The average molecular weight is 355 g/mol. The number of hydrogen-bond acceptors (Lipinski definition) is 4. The van der Waals surface area contributed by atoms with Gasteiger partial charge in [0.05, 0.1) is 16.8 Å². The molecule has 1 aromatic rings. The quantitative estimate of drug-likeness (QED) is 0.868. The molecule has 0 saturated carbocycles. The van der Waals surface area contributed by atoms with E-state index in [9.17, 15) is 17.6 Å². The Morgan fingerprint density at radius 3 is 2.68 bits per heavy atom. The van der Waals surface area contributed by atoms with Crippen LogP contribution in [0.3, 0.4) is 0 Å². The second-order valence-corrected chi connectivity index (χ2v) is 5.78. The van der Waals surface area contributed by atoms with Crippen LogP contribution in [0.2, 0.25) is 0 Å². The van der Waals surface area contributed by atoms with Gasteiger partial charge < -0.3 is 4.74 Å². The number of benzene rings is 1. The van der Waals surface area contributed by atoms with Crippen molar-refractivity contribution >= 4 is 37.9 Å². The van der Waals surface area contributed by atoms with Crippen LogP contribution in [0.1, 0.15) is 12.5 Å². The van der Waals surface area contributed by atoms with E-state index < -0.39 is 22.1 Å². The van der Waals surface area contributed by atoms with E-state index in [4.69, 9.17) is 0 Å². The summed E-state index contributed by atoms with van der Waals surface area (Å²) in [5.41, 5.74) is 0.514. The zero-order chi connectivity index (χ0) is 14.6. The predicted molar refractivity (Wildman–Crippen MR) is 71.5 cm³/mol. The molecule has 9 heteroatoms. The fraction of sp³-hybridized carbons (Fsp3) is 0.300. The van der Waals surface area contributed by atoms with Gasteiger partial charge in [0.1, 0.15) is 5.82 Å². The van der Waals surface area contributed by atoms with Crippen LogP contribution in [-0.2, 0) is 14.9 Å². The van der Waals surface area contributed by atoms with Crippen LogP contribution in [0.15, 0.2) is 16.6 Å². The van der Waals surface area contributed by atoms with E-state index in [0.29, 0.717) is 5.56 Å². The highest BCUT2D eigenvalue weighted by molar-refractivity contribution is 9.10. The van der Waals surface area contributed by atoms with Crippen molar-refractivity contribution in [3.05, 3.63) is 28.0 Å². The first-order valence-corrected chi connectivity index (χ1v) is 7.45. The molecule has 1 rings (SSSR count). The summed E-state index contributed by atoms with van der Waals surface area (Å²) in [4.78, 5) is 11.0. The summed E-state index contributed by atoms with van der Waals surface area (Å²) in [5, 5.41) is 0. The summed E-state index contributed by atoms with van der Waals surface area (Å²) in [7, 11) is -4.13.